The van der Waals surface area contributed by atoms with Crippen molar-refractivity contribution in [3.8, 4) is 11.8 Å². The normalized spacial score (nSPS) is 12.2. The van der Waals surface area contributed by atoms with E-state index in [4.69, 9.17) is 5.26 Å². The quantitative estimate of drug-likeness (QED) is 0.456. The van der Waals surface area contributed by atoms with E-state index in [-0.39, 0.29) is 22.8 Å². The van der Waals surface area contributed by atoms with Crippen LogP contribution in [0.3, 0.4) is 0 Å². The first-order valence-corrected chi connectivity index (χ1v) is 9.18. The van der Waals surface area contributed by atoms with Crippen LogP contribution in [0.5, 0.6) is 5.75 Å². The highest BCUT2D eigenvalue weighted by molar-refractivity contribution is 6.02. The predicted molar refractivity (Wildman–Crippen MR) is 112 cm³/mol. The van der Waals surface area contributed by atoms with Crippen molar-refractivity contribution >= 4 is 22.9 Å². The first-order chi connectivity index (χ1) is 13.9. The fourth-order valence-electron chi connectivity index (χ4n) is 3.07. The van der Waals surface area contributed by atoms with E-state index in [9.17, 15) is 15.0 Å². The molecule has 3 N–H and O–H groups in total. The van der Waals surface area contributed by atoms with Crippen molar-refractivity contribution in [3.63, 3.8) is 0 Å². The van der Waals surface area contributed by atoms with Crippen LogP contribution in [0.4, 0.5) is 0 Å². The van der Waals surface area contributed by atoms with E-state index in [2.05, 4.69) is 10.5 Å². The molecule has 3 rings (SSSR count). The summed E-state index contributed by atoms with van der Waals surface area (Å²) in [5.41, 5.74) is 4.32. The molecule has 0 heterocycles. The van der Waals surface area contributed by atoms with E-state index in [0.29, 0.717) is 0 Å². The van der Waals surface area contributed by atoms with Gasteiger partial charge in [0.25, 0.3) is 5.91 Å². The number of nitrogens with one attached hydrogen (secondary N) is 1. The van der Waals surface area contributed by atoms with Crippen LogP contribution in [0, 0.1) is 17.2 Å². The molecule has 0 bridgehead atoms. The van der Waals surface area contributed by atoms with Gasteiger partial charge in [0.1, 0.15) is 11.8 Å². The third-order valence-electron chi connectivity index (χ3n) is 4.69. The summed E-state index contributed by atoms with van der Waals surface area (Å²) in [7, 11) is 0. The second-order valence-electron chi connectivity index (χ2n) is 7.02. The van der Waals surface area contributed by atoms with Gasteiger partial charge >= 0.3 is 0 Å². The first-order valence-electron chi connectivity index (χ1n) is 9.18. The fraction of sp³-hybridized carbons (Fsp3) is 0.174. The van der Waals surface area contributed by atoms with Gasteiger partial charge in [0.05, 0.1) is 17.9 Å². The van der Waals surface area contributed by atoms with Gasteiger partial charge in [-0.2, -0.15) is 10.4 Å². The van der Waals surface area contributed by atoms with Crippen LogP contribution in [-0.2, 0) is 0 Å². The van der Waals surface area contributed by atoms with Gasteiger partial charge in [-0.15, -0.1) is 0 Å². The molecule has 0 aliphatic rings. The molecule has 6 nitrogen and oxygen atoms in total. The lowest BCUT2D eigenvalue weighted by molar-refractivity contribution is 0.0955. The number of phenols is 1. The van der Waals surface area contributed by atoms with E-state index in [1.54, 1.807) is 0 Å². The number of rotatable bonds is 5. The van der Waals surface area contributed by atoms with Gasteiger partial charge in [0.2, 0.25) is 0 Å². The zero-order valence-corrected chi connectivity index (χ0v) is 16.1. The molecular weight excluding hydrogens is 366 g/mol. The number of benzene rings is 3. The lowest BCUT2D eigenvalue weighted by Crippen LogP contribution is -2.17. The third-order valence-corrected chi connectivity index (χ3v) is 4.69. The number of hydrogen-bond donors (Lipinski definition) is 3. The van der Waals surface area contributed by atoms with Crippen LogP contribution < -0.4 is 5.43 Å². The number of carbonyl (C=O) groups is 1. The summed E-state index contributed by atoms with van der Waals surface area (Å²) in [6.45, 7) is 3.93. The smallest absolute Gasteiger partial charge is 0.271 e. The van der Waals surface area contributed by atoms with Gasteiger partial charge in [-0.25, -0.2) is 5.43 Å². The number of amides is 1. The number of hydrazone groups is 1. The summed E-state index contributed by atoms with van der Waals surface area (Å²) in [5.74, 6) is -0.586. The third kappa shape index (κ3) is 4.26. The van der Waals surface area contributed by atoms with Gasteiger partial charge in [-0.05, 0) is 40.5 Å². The lowest BCUT2D eigenvalue weighted by Gasteiger charge is -2.18. The Morgan fingerprint density at radius 2 is 1.86 bits per heavy atom. The lowest BCUT2D eigenvalue weighted by atomic mass is 9.92. The molecule has 0 aliphatic carbocycles. The van der Waals surface area contributed by atoms with Crippen LogP contribution in [0.2, 0.25) is 0 Å². The Bertz CT molecular complexity index is 1130. The van der Waals surface area contributed by atoms with Gasteiger partial charge < -0.3 is 10.2 Å². The minimum Gasteiger partial charge on any atom is -0.507 e. The minimum atomic E-state index is -0.575. The second-order valence-corrected chi connectivity index (χ2v) is 7.02. The molecule has 0 aromatic heterocycles. The Hall–Kier alpha value is -3.69. The van der Waals surface area contributed by atoms with Crippen molar-refractivity contribution < 1.29 is 15.0 Å². The summed E-state index contributed by atoms with van der Waals surface area (Å²) < 4.78 is 0. The number of nitrogens with zero attached hydrogens (tertiary/aromatic N) is 2. The van der Waals surface area contributed by atoms with E-state index in [0.717, 1.165) is 21.9 Å². The van der Waals surface area contributed by atoms with Gasteiger partial charge in [0, 0.05) is 11.1 Å². The molecule has 3 aromatic rings. The van der Waals surface area contributed by atoms with Crippen molar-refractivity contribution in [3.05, 3.63) is 76.9 Å². The largest absolute Gasteiger partial charge is 0.507 e. The number of carbonyl (C=O) groups excluding carboxylic acids is 1. The summed E-state index contributed by atoms with van der Waals surface area (Å²) >= 11 is 0. The first kappa shape index (κ1) is 20.1. The average molecular weight is 387 g/mol. The van der Waals surface area contributed by atoms with Crippen LogP contribution in [0.25, 0.3) is 10.8 Å². The molecule has 0 fully saturated rings. The van der Waals surface area contributed by atoms with Gasteiger partial charge in [-0.3, -0.25) is 4.79 Å². The number of fused-ring (bicyclic) bond motifs is 1. The van der Waals surface area contributed by atoms with Crippen LogP contribution in [0.15, 0.2) is 59.7 Å². The summed E-state index contributed by atoms with van der Waals surface area (Å²) in [4.78, 5) is 12.2. The maximum atomic E-state index is 12.2. The van der Waals surface area contributed by atoms with E-state index in [1.165, 1.54) is 24.4 Å². The minimum absolute atomic E-state index is 0.0203. The topological polar surface area (TPSA) is 106 Å². The van der Waals surface area contributed by atoms with Gasteiger partial charge in [-0.1, -0.05) is 50.2 Å². The number of hydrogen-bond acceptors (Lipinski definition) is 5. The monoisotopic (exact) mass is 387 g/mol. The molecule has 0 radical (unpaired) electrons. The maximum Gasteiger partial charge on any atom is 0.271 e. The molecule has 6 heteroatoms. The molecule has 146 valence electrons. The number of aliphatic hydroxyl groups is 1. The molecule has 0 spiro atoms. The molecule has 0 aliphatic heterocycles. The number of aliphatic hydroxyl groups excluding tert-OH is 1. The van der Waals surface area contributed by atoms with Crippen molar-refractivity contribution in [2.45, 2.75) is 20.0 Å². The Morgan fingerprint density at radius 3 is 2.55 bits per heavy atom. The van der Waals surface area contributed by atoms with Crippen LogP contribution in [-0.4, -0.2) is 22.3 Å². The zero-order chi connectivity index (χ0) is 21.0. The SMILES string of the molecule is CC(C)C(O)c1ccc(/C=N/NC(=O)c2ccc(O)c(C#N)c2)c2ccccc12. The second kappa shape index (κ2) is 8.55. The Kier molecular flexibility index (Phi) is 5.91. The van der Waals surface area contributed by atoms with Crippen molar-refractivity contribution in [1.82, 2.24) is 5.43 Å². The molecule has 1 unspecified atom stereocenters. The average Bonchev–Trinajstić information content (AvgIpc) is 2.73. The molecular formula is C23H21N3O3. The molecule has 0 saturated carbocycles. The summed E-state index contributed by atoms with van der Waals surface area (Å²) in [6.07, 6.45) is 0.964. The van der Waals surface area contributed by atoms with Crippen molar-refractivity contribution in [2.75, 3.05) is 0 Å². The standard InChI is InChI=1S/C23H21N3O3/c1-14(2)22(28)20-9-7-16(18-5-3-4-6-19(18)20)13-25-26-23(29)15-8-10-21(27)17(11-15)12-24/h3-11,13-14,22,27-28H,1-2H3,(H,26,29)/b25-13+. The highest BCUT2D eigenvalue weighted by Gasteiger charge is 2.16. The molecule has 29 heavy (non-hydrogen) atoms. The van der Waals surface area contributed by atoms with Crippen LogP contribution in [0.1, 0.15) is 47.0 Å². The van der Waals surface area contributed by atoms with Crippen LogP contribution >= 0.6 is 0 Å². The molecule has 0 saturated heterocycles. The number of aromatic hydroxyl groups is 1. The Morgan fingerprint density at radius 1 is 1.14 bits per heavy atom. The van der Waals surface area contributed by atoms with E-state index >= 15 is 0 Å². The highest BCUT2D eigenvalue weighted by Crippen LogP contribution is 2.30. The van der Waals surface area contributed by atoms with Gasteiger partial charge in [0.15, 0.2) is 0 Å². The highest BCUT2D eigenvalue weighted by atomic mass is 16.3. The van der Waals surface area contributed by atoms with Crippen molar-refractivity contribution in [2.24, 2.45) is 11.0 Å². The van der Waals surface area contributed by atoms with Crippen molar-refractivity contribution in [1.29, 1.82) is 5.26 Å². The molecule has 1 atom stereocenters. The summed E-state index contributed by atoms with van der Waals surface area (Å²) in [5, 5.41) is 34.9. The molecule has 3 aromatic carbocycles. The zero-order valence-electron chi connectivity index (χ0n) is 16.1. The summed E-state index contributed by atoms with van der Waals surface area (Å²) in [6, 6.07) is 17.3. The number of phenolic OH excluding ortho intramolecular Hbond substituents is 1. The fourth-order valence-corrected chi connectivity index (χ4v) is 3.07. The Labute approximate surface area is 168 Å². The molecule has 1 amide bonds. The Balaban J connectivity index is 1.85. The predicted octanol–water partition coefficient (Wildman–Crippen LogP) is 3.87. The van der Waals surface area contributed by atoms with E-state index in [1.807, 2.05) is 56.3 Å². The number of nitriles is 1. The van der Waals surface area contributed by atoms with E-state index < -0.39 is 12.0 Å². The maximum absolute atomic E-state index is 12.2.